The molecule has 0 saturated carbocycles. The molecule has 1 aliphatic rings. The molecular formula is C11H22N2O3. The topological polar surface area (TPSA) is 59.6 Å². The van der Waals surface area contributed by atoms with Crippen molar-refractivity contribution in [1.82, 2.24) is 10.6 Å². The van der Waals surface area contributed by atoms with Crippen LogP contribution in [0.2, 0.25) is 0 Å². The maximum atomic E-state index is 11.4. The number of ether oxygens (including phenoxy) is 2. The Bertz CT molecular complexity index is 241. The second-order valence-corrected chi connectivity index (χ2v) is 4.79. The molecule has 1 aliphatic heterocycles. The predicted molar refractivity (Wildman–Crippen MR) is 61.1 cm³/mol. The minimum absolute atomic E-state index is 0.0120. The van der Waals surface area contributed by atoms with Gasteiger partial charge in [-0.1, -0.05) is 13.8 Å². The van der Waals surface area contributed by atoms with Gasteiger partial charge in [0, 0.05) is 12.6 Å². The van der Waals surface area contributed by atoms with Crippen LogP contribution < -0.4 is 10.6 Å². The summed E-state index contributed by atoms with van der Waals surface area (Å²) in [7, 11) is 0. The highest BCUT2D eigenvalue weighted by molar-refractivity contribution is 5.78. The van der Waals surface area contributed by atoms with E-state index in [0.29, 0.717) is 25.7 Å². The van der Waals surface area contributed by atoms with E-state index in [9.17, 15) is 4.79 Å². The Morgan fingerprint density at radius 2 is 2.19 bits per heavy atom. The van der Waals surface area contributed by atoms with Crippen LogP contribution in [0.3, 0.4) is 0 Å². The Morgan fingerprint density at radius 1 is 1.50 bits per heavy atom. The molecule has 0 spiro atoms. The minimum atomic E-state index is -0.522. The van der Waals surface area contributed by atoms with Gasteiger partial charge in [-0.15, -0.1) is 0 Å². The minimum Gasteiger partial charge on any atom is -0.352 e. The van der Waals surface area contributed by atoms with Gasteiger partial charge in [0.2, 0.25) is 5.91 Å². The fraction of sp³-hybridized carbons (Fsp3) is 0.909. The molecule has 0 aromatic rings. The van der Waals surface area contributed by atoms with Crippen LogP contribution >= 0.6 is 0 Å². The summed E-state index contributed by atoms with van der Waals surface area (Å²) < 4.78 is 11.0. The molecule has 94 valence electrons. The van der Waals surface area contributed by atoms with Crippen molar-refractivity contribution in [3.63, 3.8) is 0 Å². The van der Waals surface area contributed by atoms with Crippen LogP contribution in [0.5, 0.6) is 0 Å². The molecule has 0 radical (unpaired) electrons. The van der Waals surface area contributed by atoms with Crippen molar-refractivity contribution < 1.29 is 14.3 Å². The van der Waals surface area contributed by atoms with E-state index < -0.39 is 5.79 Å². The van der Waals surface area contributed by atoms with Crippen LogP contribution in [0.25, 0.3) is 0 Å². The zero-order chi connectivity index (χ0) is 12.2. The Kier molecular flexibility index (Phi) is 4.70. The van der Waals surface area contributed by atoms with Crippen LogP contribution in [0.15, 0.2) is 0 Å². The molecule has 1 unspecified atom stereocenters. The number of carbonyl (C=O) groups is 1. The first-order valence-corrected chi connectivity index (χ1v) is 5.71. The lowest BCUT2D eigenvalue weighted by Crippen LogP contribution is -2.40. The Balaban J connectivity index is 2.13. The van der Waals surface area contributed by atoms with E-state index in [1.54, 1.807) is 0 Å². The average molecular weight is 230 g/mol. The highest BCUT2D eigenvalue weighted by Crippen LogP contribution is 2.21. The fourth-order valence-electron chi connectivity index (χ4n) is 1.45. The van der Waals surface area contributed by atoms with Gasteiger partial charge in [-0.05, 0) is 13.8 Å². The number of rotatable bonds is 5. The molecule has 1 heterocycles. The van der Waals surface area contributed by atoms with Crippen LogP contribution in [0, 0.1) is 0 Å². The number of amides is 1. The van der Waals surface area contributed by atoms with E-state index in [0.717, 1.165) is 0 Å². The van der Waals surface area contributed by atoms with Gasteiger partial charge in [0.25, 0.3) is 0 Å². The molecule has 1 atom stereocenters. The fourth-order valence-corrected chi connectivity index (χ4v) is 1.45. The molecule has 5 heteroatoms. The standard InChI is InChI=1S/C11H22N2O3/c1-8(2)12-6-10(14)13-5-9-7-15-11(3,4)16-9/h8-9,12H,5-7H2,1-4H3,(H,13,14). The Hall–Kier alpha value is -0.650. The van der Waals surface area contributed by atoms with Crippen molar-refractivity contribution in [3.05, 3.63) is 0 Å². The molecule has 2 N–H and O–H groups in total. The third-order valence-corrected chi connectivity index (χ3v) is 2.27. The van der Waals surface area contributed by atoms with Crippen LogP contribution in [-0.2, 0) is 14.3 Å². The summed E-state index contributed by atoms with van der Waals surface area (Å²) in [6.45, 7) is 9.12. The highest BCUT2D eigenvalue weighted by Gasteiger charge is 2.32. The molecule has 1 fully saturated rings. The zero-order valence-electron chi connectivity index (χ0n) is 10.5. The van der Waals surface area contributed by atoms with Crippen LogP contribution in [0.4, 0.5) is 0 Å². The monoisotopic (exact) mass is 230 g/mol. The molecular weight excluding hydrogens is 208 g/mol. The van der Waals surface area contributed by atoms with Crippen LogP contribution in [-0.4, -0.2) is 43.5 Å². The van der Waals surface area contributed by atoms with E-state index in [1.165, 1.54) is 0 Å². The summed E-state index contributed by atoms with van der Waals surface area (Å²) in [6.07, 6.45) is -0.0435. The third kappa shape index (κ3) is 4.92. The molecule has 0 aliphatic carbocycles. The smallest absolute Gasteiger partial charge is 0.234 e. The van der Waals surface area contributed by atoms with Gasteiger partial charge >= 0.3 is 0 Å². The maximum absolute atomic E-state index is 11.4. The molecule has 1 amide bonds. The van der Waals surface area contributed by atoms with Gasteiger partial charge in [0.15, 0.2) is 5.79 Å². The van der Waals surface area contributed by atoms with Gasteiger partial charge in [-0.2, -0.15) is 0 Å². The molecule has 16 heavy (non-hydrogen) atoms. The summed E-state index contributed by atoms with van der Waals surface area (Å²) >= 11 is 0. The quantitative estimate of drug-likeness (QED) is 0.711. The SMILES string of the molecule is CC(C)NCC(=O)NCC1COC(C)(C)O1. The predicted octanol–water partition coefficient (Wildman–Crippen LogP) is 0.252. The molecule has 0 aromatic heterocycles. The van der Waals surface area contributed by atoms with E-state index in [2.05, 4.69) is 10.6 Å². The lowest BCUT2D eigenvalue weighted by molar-refractivity contribution is -0.139. The van der Waals surface area contributed by atoms with E-state index in [1.807, 2.05) is 27.7 Å². The van der Waals surface area contributed by atoms with Crippen molar-refractivity contribution in [3.8, 4) is 0 Å². The van der Waals surface area contributed by atoms with Crippen molar-refractivity contribution in [2.75, 3.05) is 19.7 Å². The number of carbonyl (C=O) groups excluding carboxylic acids is 1. The molecule has 5 nitrogen and oxygen atoms in total. The first-order chi connectivity index (χ1) is 7.39. The summed E-state index contributed by atoms with van der Waals surface area (Å²) in [5, 5.41) is 5.86. The first kappa shape index (κ1) is 13.4. The second-order valence-electron chi connectivity index (χ2n) is 4.79. The summed E-state index contributed by atoms with van der Waals surface area (Å²) in [5.74, 6) is -0.534. The molecule has 0 bridgehead atoms. The lowest BCUT2D eigenvalue weighted by atomic mass is 10.3. The number of hydrogen-bond donors (Lipinski definition) is 2. The average Bonchev–Trinajstić information content (AvgIpc) is 2.52. The Labute approximate surface area is 96.9 Å². The largest absolute Gasteiger partial charge is 0.352 e. The molecule has 1 saturated heterocycles. The van der Waals surface area contributed by atoms with Crippen molar-refractivity contribution in [2.24, 2.45) is 0 Å². The molecule has 1 rings (SSSR count). The van der Waals surface area contributed by atoms with E-state index >= 15 is 0 Å². The maximum Gasteiger partial charge on any atom is 0.234 e. The van der Waals surface area contributed by atoms with E-state index in [4.69, 9.17) is 9.47 Å². The van der Waals surface area contributed by atoms with Gasteiger partial charge in [0.1, 0.15) is 6.10 Å². The van der Waals surface area contributed by atoms with Crippen molar-refractivity contribution in [2.45, 2.75) is 45.6 Å². The summed E-state index contributed by atoms with van der Waals surface area (Å²) in [6, 6.07) is 0.316. The van der Waals surface area contributed by atoms with Gasteiger partial charge in [-0.25, -0.2) is 0 Å². The lowest BCUT2D eigenvalue weighted by Gasteiger charge is -2.17. The van der Waals surface area contributed by atoms with Gasteiger partial charge in [-0.3, -0.25) is 4.79 Å². The van der Waals surface area contributed by atoms with Crippen LogP contribution in [0.1, 0.15) is 27.7 Å². The zero-order valence-corrected chi connectivity index (χ0v) is 10.5. The first-order valence-electron chi connectivity index (χ1n) is 5.71. The molecule has 0 aromatic carbocycles. The Morgan fingerprint density at radius 3 is 2.69 bits per heavy atom. The van der Waals surface area contributed by atoms with Gasteiger partial charge < -0.3 is 20.1 Å². The number of nitrogens with one attached hydrogen (secondary N) is 2. The van der Waals surface area contributed by atoms with Crippen molar-refractivity contribution in [1.29, 1.82) is 0 Å². The van der Waals surface area contributed by atoms with E-state index in [-0.39, 0.29) is 12.0 Å². The summed E-state index contributed by atoms with van der Waals surface area (Å²) in [4.78, 5) is 11.4. The van der Waals surface area contributed by atoms with Crippen molar-refractivity contribution >= 4 is 5.91 Å². The summed E-state index contributed by atoms with van der Waals surface area (Å²) in [5.41, 5.74) is 0. The highest BCUT2D eigenvalue weighted by atomic mass is 16.7. The second kappa shape index (κ2) is 5.61. The van der Waals surface area contributed by atoms with Gasteiger partial charge in [0.05, 0.1) is 13.2 Å². The number of hydrogen-bond acceptors (Lipinski definition) is 4. The normalized spacial score (nSPS) is 23.7. The third-order valence-electron chi connectivity index (χ3n) is 2.27.